The fourth-order valence-electron chi connectivity index (χ4n) is 3.48. The van der Waals surface area contributed by atoms with Crippen molar-refractivity contribution < 1.29 is 27.1 Å². The lowest BCUT2D eigenvalue weighted by molar-refractivity contribution is -0.154. The average molecular weight is 489 g/mol. The topological polar surface area (TPSA) is 48.7 Å². The lowest BCUT2D eigenvalue weighted by Gasteiger charge is -2.16. The minimum atomic E-state index is -4.95. The second-order valence-electron chi connectivity index (χ2n) is 7.96. The summed E-state index contributed by atoms with van der Waals surface area (Å²) >= 11 is 5.96. The van der Waals surface area contributed by atoms with Crippen LogP contribution in [0.5, 0.6) is 17.2 Å². The van der Waals surface area contributed by atoms with Gasteiger partial charge in [-0.3, -0.25) is 4.79 Å². The van der Waals surface area contributed by atoms with Crippen molar-refractivity contribution in [3.05, 3.63) is 98.9 Å². The molecule has 0 spiro atoms. The number of benzene rings is 3. The molecule has 0 aliphatic heterocycles. The molecule has 0 aliphatic carbocycles. The quantitative estimate of drug-likeness (QED) is 0.276. The summed E-state index contributed by atoms with van der Waals surface area (Å²) in [4.78, 5) is 13.1. The van der Waals surface area contributed by atoms with E-state index in [0.29, 0.717) is 10.6 Å². The second kappa shape index (κ2) is 9.43. The van der Waals surface area contributed by atoms with Crippen LogP contribution in [0.4, 0.5) is 13.2 Å². The van der Waals surface area contributed by atoms with Crippen LogP contribution in [0, 0.1) is 0 Å². The van der Waals surface area contributed by atoms with Crippen LogP contribution in [0.2, 0.25) is 5.02 Å². The molecule has 0 atom stereocenters. The first-order valence-corrected chi connectivity index (χ1v) is 10.8. The van der Waals surface area contributed by atoms with E-state index in [0.717, 1.165) is 5.56 Å². The fraction of sp³-hybridized carbons (Fsp3) is 0.192. The van der Waals surface area contributed by atoms with Gasteiger partial charge in [-0.1, -0.05) is 55.8 Å². The van der Waals surface area contributed by atoms with E-state index >= 15 is 0 Å². The molecule has 0 radical (unpaired) electrons. The van der Waals surface area contributed by atoms with Crippen molar-refractivity contribution in [2.75, 3.05) is 0 Å². The molecule has 4 rings (SSSR count). The zero-order valence-corrected chi connectivity index (χ0v) is 19.0. The number of para-hydroxylation sites is 1. The van der Waals surface area contributed by atoms with E-state index in [9.17, 15) is 18.0 Å². The van der Waals surface area contributed by atoms with E-state index < -0.39 is 23.1 Å². The van der Waals surface area contributed by atoms with E-state index in [2.05, 4.69) is 0 Å². The fourth-order valence-corrected chi connectivity index (χ4v) is 3.69. The largest absolute Gasteiger partial charge is 0.489 e. The molecular formula is C26H20ClF3O4. The third-order valence-electron chi connectivity index (χ3n) is 5.13. The minimum Gasteiger partial charge on any atom is -0.489 e. The molecule has 4 nitrogen and oxygen atoms in total. The molecule has 8 heteroatoms. The van der Waals surface area contributed by atoms with Gasteiger partial charge in [0.05, 0.1) is 5.39 Å². The van der Waals surface area contributed by atoms with E-state index in [1.165, 1.54) is 24.3 Å². The van der Waals surface area contributed by atoms with Crippen LogP contribution >= 0.6 is 11.6 Å². The van der Waals surface area contributed by atoms with Gasteiger partial charge in [-0.15, -0.1) is 0 Å². The maximum absolute atomic E-state index is 13.9. The van der Waals surface area contributed by atoms with Gasteiger partial charge in [-0.25, -0.2) is 0 Å². The Morgan fingerprint density at radius 3 is 2.47 bits per heavy atom. The molecule has 0 fully saturated rings. The molecule has 34 heavy (non-hydrogen) atoms. The highest BCUT2D eigenvalue weighted by atomic mass is 35.5. The Balaban J connectivity index is 1.75. The standard InChI is InChI=1S/C26H20ClF3O4/c1-15(2)19-8-3-4-9-21(19)33-24-23(31)20-11-10-18(13-22(20)34-25(24)26(28,29)30)32-14-16-6-5-7-17(27)12-16/h3-13,15H,14H2,1-2H3. The van der Waals surface area contributed by atoms with Crippen LogP contribution in [0.3, 0.4) is 0 Å². The number of rotatable bonds is 6. The van der Waals surface area contributed by atoms with Gasteiger partial charge in [0.1, 0.15) is 23.7 Å². The molecule has 0 bridgehead atoms. The Morgan fingerprint density at radius 1 is 1.00 bits per heavy atom. The lowest BCUT2D eigenvalue weighted by Crippen LogP contribution is -2.16. The zero-order valence-electron chi connectivity index (χ0n) is 18.3. The van der Waals surface area contributed by atoms with Gasteiger partial charge in [-0.2, -0.15) is 13.2 Å². The molecule has 4 aromatic rings. The Morgan fingerprint density at radius 2 is 1.76 bits per heavy atom. The van der Waals surface area contributed by atoms with E-state index in [-0.39, 0.29) is 35.0 Å². The molecule has 0 aliphatic rings. The van der Waals surface area contributed by atoms with E-state index in [1.807, 2.05) is 13.8 Å². The Hall–Kier alpha value is -3.45. The SMILES string of the molecule is CC(C)c1ccccc1Oc1c(C(F)(F)F)oc2cc(OCc3cccc(Cl)c3)ccc2c1=O. The third kappa shape index (κ3) is 5.04. The van der Waals surface area contributed by atoms with Gasteiger partial charge in [0.15, 0.2) is 0 Å². The van der Waals surface area contributed by atoms with Crippen LogP contribution in [-0.4, -0.2) is 0 Å². The average Bonchev–Trinajstić information content (AvgIpc) is 2.79. The van der Waals surface area contributed by atoms with Crippen LogP contribution in [0.1, 0.15) is 36.7 Å². The molecule has 0 amide bonds. The molecule has 1 aromatic heterocycles. The van der Waals surface area contributed by atoms with Crippen molar-refractivity contribution in [1.82, 2.24) is 0 Å². The van der Waals surface area contributed by atoms with Gasteiger partial charge in [0.25, 0.3) is 5.76 Å². The third-order valence-corrected chi connectivity index (χ3v) is 5.36. The van der Waals surface area contributed by atoms with Gasteiger partial charge in [0, 0.05) is 11.1 Å². The lowest BCUT2D eigenvalue weighted by atomic mass is 10.0. The van der Waals surface area contributed by atoms with Crippen LogP contribution in [0.15, 0.2) is 75.9 Å². The van der Waals surface area contributed by atoms with Crippen molar-refractivity contribution >= 4 is 22.6 Å². The Labute approximate surface area is 198 Å². The highest BCUT2D eigenvalue weighted by Gasteiger charge is 2.40. The van der Waals surface area contributed by atoms with Crippen molar-refractivity contribution in [3.63, 3.8) is 0 Å². The molecule has 0 unspecified atom stereocenters. The molecular weight excluding hydrogens is 469 g/mol. The smallest absolute Gasteiger partial charge is 0.453 e. The van der Waals surface area contributed by atoms with Crippen molar-refractivity contribution in [3.8, 4) is 17.2 Å². The van der Waals surface area contributed by atoms with E-state index in [1.54, 1.807) is 42.5 Å². The van der Waals surface area contributed by atoms with Gasteiger partial charge in [0.2, 0.25) is 11.2 Å². The number of hydrogen-bond donors (Lipinski definition) is 0. The molecule has 0 N–H and O–H groups in total. The highest BCUT2D eigenvalue weighted by Crippen LogP contribution is 2.40. The second-order valence-corrected chi connectivity index (χ2v) is 8.39. The van der Waals surface area contributed by atoms with E-state index in [4.69, 9.17) is 25.5 Å². The Kier molecular flexibility index (Phi) is 6.57. The van der Waals surface area contributed by atoms with Crippen molar-refractivity contribution in [2.45, 2.75) is 32.5 Å². The Bertz CT molecular complexity index is 1390. The summed E-state index contributed by atoms with van der Waals surface area (Å²) in [6, 6.07) is 17.7. The summed E-state index contributed by atoms with van der Waals surface area (Å²) in [5, 5.41) is 0.479. The normalized spacial score (nSPS) is 11.7. The van der Waals surface area contributed by atoms with Gasteiger partial charge >= 0.3 is 6.18 Å². The maximum Gasteiger partial charge on any atom is 0.453 e. The predicted molar refractivity (Wildman–Crippen MR) is 124 cm³/mol. The number of fused-ring (bicyclic) bond motifs is 1. The van der Waals surface area contributed by atoms with Gasteiger partial charge in [-0.05, 0) is 47.4 Å². The zero-order chi connectivity index (χ0) is 24.5. The van der Waals surface area contributed by atoms with Crippen LogP contribution in [0.25, 0.3) is 11.0 Å². The summed E-state index contributed by atoms with van der Waals surface area (Å²) in [6.07, 6.45) is -4.95. The molecule has 176 valence electrons. The summed E-state index contributed by atoms with van der Waals surface area (Å²) in [5.41, 5.74) is 0.261. The van der Waals surface area contributed by atoms with Crippen LogP contribution in [-0.2, 0) is 12.8 Å². The predicted octanol–water partition coefficient (Wildman–Crippen LogP) is 7.96. The molecule has 3 aromatic carbocycles. The van der Waals surface area contributed by atoms with Crippen LogP contribution < -0.4 is 14.9 Å². The first-order valence-electron chi connectivity index (χ1n) is 10.5. The van der Waals surface area contributed by atoms with Gasteiger partial charge < -0.3 is 13.9 Å². The number of hydrogen-bond acceptors (Lipinski definition) is 4. The molecule has 0 saturated heterocycles. The first-order chi connectivity index (χ1) is 16.1. The summed E-state index contributed by atoms with van der Waals surface area (Å²) in [7, 11) is 0. The van der Waals surface area contributed by atoms with Crippen molar-refractivity contribution in [1.29, 1.82) is 0 Å². The summed E-state index contributed by atoms with van der Waals surface area (Å²) in [5.74, 6) is -2.04. The first kappa shape index (κ1) is 23.7. The highest BCUT2D eigenvalue weighted by molar-refractivity contribution is 6.30. The molecule has 0 saturated carbocycles. The number of alkyl halides is 3. The maximum atomic E-state index is 13.9. The molecule has 1 heterocycles. The minimum absolute atomic E-state index is 0.0303. The summed E-state index contributed by atoms with van der Waals surface area (Å²) in [6.45, 7) is 3.89. The number of halogens is 4. The number of ether oxygens (including phenoxy) is 2. The monoisotopic (exact) mass is 488 g/mol. The summed E-state index contributed by atoms with van der Waals surface area (Å²) < 4.78 is 58.0. The van der Waals surface area contributed by atoms with Crippen molar-refractivity contribution in [2.24, 2.45) is 0 Å².